The lowest BCUT2D eigenvalue weighted by Crippen LogP contribution is -2.27. The molecule has 0 aliphatic heterocycles. The molecule has 2 rings (SSSR count). The number of aryl methyl sites for hydroxylation is 1. The molecule has 0 fully saturated rings. The number of hydrogen-bond acceptors (Lipinski definition) is 3. The second-order valence-electron chi connectivity index (χ2n) is 3.58. The summed E-state index contributed by atoms with van der Waals surface area (Å²) in [5.41, 5.74) is 0.956. The molecule has 6 nitrogen and oxygen atoms in total. The lowest BCUT2D eigenvalue weighted by Gasteiger charge is -2.03. The van der Waals surface area contributed by atoms with Gasteiger partial charge in [0, 0.05) is 32.1 Å². The third-order valence-corrected chi connectivity index (χ3v) is 2.31. The first-order chi connectivity index (χ1) is 8.16. The van der Waals surface area contributed by atoms with Gasteiger partial charge in [0.15, 0.2) is 0 Å². The van der Waals surface area contributed by atoms with Gasteiger partial charge in [-0.25, -0.2) is 4.68 Å². The summed E-state index contributed by atoms with van der Waals surface area (Å²) in [5, 5.41) is 6.57. The van der Waals surface area contributed by atoms with Crippen LogP contribution in [0.2, 0.25) is 0 Å². The number of aromatic amines is 1. The highest BCUT2D eigenvalue weighted by molar-refractivity contribution is 5.91. The van der Waals surface area contributed by atoms with Crippen LogP contribution in [0.25, 0.3) is 0 Å². The molecule has 2 N–H and O–H groups in total. The Labute approximate surface area is 97.3 Å². The van der Waals surface area contributed by atoms with Crippen molar-refractivity contribution < 1.29 is 4.79 Å². The normalized spacial score (nSPS) is 10.2. The maximum atomic E-state index is 11.7. The minimum atomic E-state index is -0.304. The van der Waals surface area contributed by atoms with Crippen molar-refractivity contribution in [1.29, 1.82) is 0 Å². The van der Waals surface area contributed by atoms with Crippen molar-refractivity contribution in [3.63, 3.8) is 0 Å². The number of hydrogen-bond donors (Lipinski definition) is 2. The topological polar surface area (TPSA) is 79.8 Å². The molecular weight excluding hydrogens is 220 g/mol. The van der Waals surface area contributed by atoms with E-state index < -0.39 is 0 Å². The van der Waals surface area contributed by atoms with Crippen molar-refractivity contribution >= 4 is 5.91 Å². The molecule has 0 spiro atoms. The zero-order chi connectivity index (χ0) is 12.3. The first-order valence-corrected chi connectivity index (χ1v) is 5.11. The van der Waals surface area contributed by atoms with E-state index in [4.69, 9.17) is 0 Å². The standard InChI is InChI=1S/C11H12N4O2/c1-15-10(16)3-2-9(14-15)11(17)13-7-8-4-5-12-6-8/h2-6,12H,7H2,1H3,(H,13,17). The summed E-state index contributed by atoms with van der Waals surface area (Å²) >= 11 is 0. The predicted octanol–water partition coefficient (Wildman–Crippen LogP) is 0.0384. The van der Waals surface area contributed by atoms with E-state index in [1.165, 1.54) is 19.2 Å². The SMILES string of the molecule is Cn1nc(C(=O)NCc2cc[nH]c2)ccc1=O. The highest BCUT2D eigenvalue weighted by atomic mass is 16.2. The van der Waals surface area contributed by atoms with E-state index in [-0.39, 0.29) is 17.2 Å². The average Bonchev–Trinajstić information content (AvgIpc) is 2.82. The summed E-state index contributed by atoms with van der Waals surface area (Å²) in [7, 11) is 1.51. The quantitative estimate of drug-likeness (QED) is 0.784. The van der Waals surface area contributed by atoms with Crippen LogP contribution in [-0.4, -0.2) is 20.7 Å². The lowest BCUT2D eigenvalue weighted by atomic mass is 10.3. The van der Waals surface area contributed by atoms with Gasteiger partial charge >= 0.3 is 0 Å². The first kappa shape index (κ1) is 11.1. The molecule has 0 radical (unpaired) electrons. The van der Waals surface area contributed by atoms with Crippen LogP contribution >= 0.6 is 0 Å². The molecule has 2 aromatic heterocycles. The van der Waals surface area contributed by atoms with E-state index in [2.05, 4.69) is 15.4 Å². The summed E-state index contributed by atoms with van der Waals surface area (Å²) in [5.74, 6) is -0.304. The molecule has 17 heavy (non-hydrogen) atoms. The minimum absolute atomic E-state index is 0.225. The molecular formula is C11H12N4O2. The Kier molecular flexibility index (Phi) is 3.04. The van der Waals surface area contributed by atoms with Crippen molar-refractivity contribution in [3.05, 3.63) is 52.2 Å². The molecule has 0 unspecified atom stereocenters. The number of carbonyl (C=O) groups is 1. The van der Waals surface area contributed by atoms with Crippen molar-refractivity contribution in [2.45, 2.75) is 6.54 Å². The van der Waals surface area contributed by atoms with Gasteiger partial charge in [-0.1, -0.05) is 0 Å². The van der Waals surface area contributed by atoms with Crippen LogP contribution in [0.1, 0.15) is 16.1 Å². The summed E-state index contributed by atoms with van der Waals surface area (Å²) in [4.78, 5) is 25.7. The van der Waals surface area contributed by atoms with Gasteiger partial charge in [-0.15, -0.1) is 0 Å². The fourth-order valence-corrected chi connectivity index (χ4v) is 1.36. The number of nitrogens with one attached hydrogen (secondary N) is 2. The number of aromatic nitrogens is 3. The lowest BCUT2D eigenvalue weighted by molar-refractivity contribution is 0.0943. The number of carbonyl (C=O) groups excluding carboxylic acids is 1. The first-order valence-electron chi connectivity index (χ1n) is 5.11. The third kappa shape index (κ3) is 2.60. The zero-order valence-corrected chi connectivity index (χ0v) is 9.30. The Bertz CT molecular complexity index is 571. The highest BCUT2D eigenvalue weighted by Gasteiger charge is 2.07. The Morgan fingerprint density at radius 1 is 1.47 bits per heavy atom. The maximum absolute atomic E-state index is 11.7. The van der Waals surface area contributed by atoms with E-state index in [9.17, 15) is 9.59 Å². The van der Waals surface area contributed by atoms with Crippen LogP contribution in [-0.2, 0) is 13.6 Å². The van der Waals surface area contributed by atoms with Crippen LogP contribution in [0, 0.1) is 0 Å². The molecule has 0 atom stereocenters. The van der Waals surface area contributed by atoms with E-state index in [1.807, 2.05) is 6.07 Å². The van der Waals surface area contributed by atoms with Crippen molar-refractivity contribution in [2.75, 3.05) is 0 Å². The molecule has 2 aromatic rings. The molecule has 0 saturated heterocycles. The number of amides is 1. The van der Waals surface area contributed by atoms with Crippen LogP contribution in [0.5, 0.6) is 0 Å². The second kappa shape index (κ2) is 4.65. The van der Waals surface area contributed by atoms with E-state index in [0.717, 1.165) is 10.2 Å². The van der Waals surface area contributed by atoms with Crippen LogP contribution < -0.4 is 10.9 Å². The van der Waals surface area contributed by atoms with Crippen molar-refractivity contribution in [3.8, 4) is 0 Å². The monoisotopic (exact) mass is 232 g/mol. The smallest absolute Gasteiger partial charge is 0.271 e. The molecule has 1 amide bonds. The van der Waals surface area contributed by atoms with Gasteiger partial charge in [0.1, 0.15) is 5.69 Å². The fraction of sp³-hybridized carbons (Fsp3) is 0.182. The summed E-state index contributed by atoms with van der Waals surface area (Å²) in [6.45, 7) is 0.423. The number of H-pyrrole nitrogens is 1. The Balaban J connectivity index is 2.04. The van der Waals surface area contributed by atoms with Gasteiger partial charge in [-0.2, -0.15) is 5.10 Å². The predicted molar refractivity (Wildman–Crippen MR) is 61.4 cm³/mol. The highest BCUT2D eigenvalue weighted by Crippen LogP contribution is 1.96. The fourth-order valence-electron chi connectivity index (χ4n) is 1.36. The van der Waals surface area contributed by atoms with Crippen molar-refractivity contribution in [2.24, 2.45) is 7.05 Å². The van der Waals surface area contributed by atoms with Gasteiger partial charge in [0.05, 0.1) is 0 Å². The number of rotatable bonds is 3. The van der Waals surface area contributed by atoms with E-state index >= 15 is 0 Å². The van der Waals surface area contributed by atoms with Gasteiger partial charge < -0.3 is 10.3 Å². The number of nitrogens with zero attached hydrogens (tertiary/aromatic N) is 2. The van der Waals surface area contributed by atoms with Crippen molar-refractivity contribution in [1.82, 2.24) is 20.1 Å². The van der Waals surface area contributed by atoms with Gasteiger partial charge in [0.2, 0.25) is 0 Å². The Morgan fingerprint density at radius 2 is 2.29 bits per heavy atom. The van der Waals surface area contributed by atoms with Gasteiger partial charge in [-0.05, 0) is 17.7 Å². The van der Waals surface area contributed by atoms with E-state index in [1.54, 1.807) is 12.4 Å². The summed E-state index contributed by atoms with van der Waals surface area (Å²) in [6, 6.07) is 4.60. The molecule has 6 heteroatoms. The summed E-state index contributed by atoms with van der Waals surface area (Å²) in [6.07, 6.45) is 3.58. The molecule has 2 heterocycles. The third-order valence-electron chi connectivity index (χ3n) is 2.31. The molecule has 0 saturated carbocycles. The molecule has 0 aromatic carbocycles. The van der Waals surface area contributed by atoms with Gasteiger partial charge in [-0.3, -0.25) is 9.59 Å². The van der Waals surface area contributed by atoms with Gasteiger partial charge in [0.25, 0.3) is 11.5 Å². The van der Waals surface area contributed by atoms with Crippen LogP contribution in [0.15, 0.2) is 35.4 Å². The second-order valence-corrected chi connectivity index (χ2v) is 3.58. The largest absolute Gasteiger partial charge is 0.367 e. The van der Waals surface area contributed by atoms with Crippen LogP contribution in [0.4, 0.5) is 0 Å². The van der Waals surface area contributed by atoms with E-state index in [0.29, 0.717) is 6.54 Å². The molecule has 0 aliphatic carbocycles. The minimum Gasteiger partial charge on any atom is -0.367 e. The molecule has 0 bridgehead atoms. The molecule has 0 aliphatic rings. The Hall–Kier alpha value is -2.37. The van der Waals surface area contributed by atoms with Crippen LogP contribution in [0.3, 0.4) is 0 Å². The average molecular weight is 232 g/mol. The zero-order valence-electron chi connectivity index (χ0n) is 9.30. The Morgan fingerprint density at radius 3 is 2.94 bits per heavy atom. The molecule has 88 valence electrons. The summed E-state index contributed by atoms with van der Waals surface area (Å²) < 4.78 is 1.13. The maximum Gasteiger partial charge on any atom is 0.271 e.